The van der Waals surface area contributed by atoms with Gasteiger partial charge >= 0.3 is 0 Å². The van der Waals surface area contributed by atoms with Crippen molar-refractivity contribution >= 4 is 23.2 Å². The molecule has 2 aromatic carbocycles. The maximum Gasteiger partial charge on any atom is 0.258 e. The van der Waals surface area contributed by atoms with Crippen LogP contribution in [0, 0.1) is 0 Å². The third-order valence-electron chi connectivity index (χ3n) is 2.83. The van der Waals surface area contributed by atoms with Crippen LogP contribution in [0.25, 0.3) is 20.9 Å². The number of hydrogen-bond donors (Lipinski definition) is 1. The molecular weight excluding hydrogens is 298 g/mol. The van der Waals surface area contributed by atoms with Gasteiger partial charge in [-0.2, -0.15) is 0 Å². The van der Waals surface area contributed by atoms with Gasteiger partial charge in [-0.05, 0) is 23.2 Å². The molecule has 0 bridgehead atoms. The van der Waals surface area contributed by atoms with Crippen molar-refractivity contribution < 1.29 is 9.59 Å². The molecule has 0 aliphatic carbocycles. The first kappa shape index (κ1) is 15.6. The second kappa shape index (κ2) is 7.28. The van der Waals surface area contributed by atoms with E-state index in [0.29, 0.717) is 0 Å². The molecule has 9 heteroatoms. The second-order valence-corrected chi connectivity index (χ2v) is 4.20. The highest BCUT2D eigenvalue weighted by molar-refractivity contribution is 6.13. The maximum atomic E-state index is 12.2. The van der Waals surface area contributed by atoms with Gasteiger partial charge in [0.15, 0.2) is 0 Å². The predicted molar refractivity (Wildman–Crippen MR) is 82.3 cm³/mol. The van der Waals surface area contributed by atoms with E-state index in [0.717, 1.165) is 0 Å². The van der Waals surface area contributed by atoms with Crippen LogP contribution < -0.4 is 5.32 Å². The fourth-order valence-corrected chi connectivity index (χ4v) is 1.84. The number of amides is 2. The van der Waals surface area contributed by atoms with Crippen molar-refractivity contribution in [1.82, 2.24) is 5.32 Å². The van der Waals surface area contributed by atoms with E-state index in [9.17, 15) is 9.59 Å². The molecule has 112 valence electrons. The molecular formula is C14H9N7O2. The Hall–Kier alpha value is -3.80. The fraction of sp³-hybridized carbons (Fsp3) is 0. The average Bonchev–Trinajstić information content (AvgIpc) is 2.56. The Morgan fingerprint density at radius 2 is 1.17 bits per heavy atom. The van der Waals surface area contributed by atoms with Crippen LogP contribution in [0.3, 0.4) is 0 Å². The topological polar surface area (TPSA) is 144 Å². The van der Waals surface area contributed by atoms with Crippen molar-refractivity contribution in [3.8, 4) is 0 Å². The molecule has 2 aromatic rings. The highest BCUT2D eigenvalue weighted by Crippen LogP contribution is 2.21. The molecule has 0 fully saturated rings. The number of azide groups is 2. The summed E-state index contributed by atoms with van der Waals surface area (Å²) in [6, 6.07) is 12.1. The third kappa shape index (κ3) is 3.64. The summed E-state index contributed by atoms with van der Waals surface area (Å²) in [4.78, 5) is 29.6. The van der Waals surface area contributed by atoms with E-state index in [1.54, 1.807) is 24.3 Å². The standard InChI is InChI=1S/C14H9N7O2/c15-20-18-11-7-3-1-5-9(11)13(22)17-14(23)10-6-2-4-8-12(10)19-21-16/h1-8H,(H,17,22,23). The Kier molecular flexibility index (Phi) is 4.93. The van der Waals surface area contributed by atoms with Gasteiger partial charge in [-0.1, -0.05) is 46.6 Å². The van der Waals surface area contributed by atoms with Crippen molar-refractivity contribution in [2.75, 3.05) is 0 Å². The largest absolute Gasteiger partial charge is 0.288 e. The van der Waals surface area contributed by atoms with Crippen molar-refractivity contribution in [2.45, 2.75) is 0 Å². The van der Waals surface area contributed by atoms with Crippen LogP contribution in [-0.2, 0) is 0 Å². The summed E-state index contributed by atoms with van der Waals surface area (Å²) >= 11 is 0. The second-order valence-electron chi connectivity index (χ2n) is 4.20. The van der Waals surface area contributed by atoms with Crippen molar-refractivity contribution in [3.05, 3.63) is 80.5 Å². The maximum absolute atomic E-state index is 12.2. The van der Waals surface area contributed by atoms with E-state index in [-0.39, 0.29) is 22.5 Å². The van der Waals surface area contributed by atoms with Crippen LogP contribution in [0.5, 0.6) is 0 Å². The summed E-state index contributed by atoms with van der Waals surface area (Å²) in [5, 5.41) is 8.96. The number of carbonyl (C=O) groups is 2. The first-order valence-corrected chi connectivity index (χ1v) is 6.31. The lowest BCUT2D eigenvalue weighted by molar-refractivity contribution is 0.0850. The van der Waals surface area contributed by atoms with E-state index >= 15 is 0 Å². The third-order valence-corrected chi connectivity index (χ3v) is 2.83. The highest BCUT2D eigenvalue weighted by Gasteiger charge is 2.16. The zero-order chi connectivity index (χ0) is 16.7. The molecule has 0 atom stereocenters. The minimum atomic E-state index is -0.728. The average molecular weight is 307 g/mol. The van der Waals surface area contributed by atoms with Gasteiger partial charge in [0, 0.05) is 21.0 Å². The first-order chi connectivity index (χ1) is 11.2. The van der Waals surface area contributed by atoms with E-state index in [2.05, 4.69) is 25.4 Å². The van der Waals surface area contributed by atoms with Gasteiger partial charge < -0.3 is 0 Å². The molecule has 0 saturated carbocycles. The molecule has 0 aliphatic rings. The predicted octanol–water partition coefficient (Wildman–Crippen LogP) is 4.14. The summed E-state index contributed by atoms with van der Waals surface area (Å²) in [7, 11) is 0. The minimum absolute atomic E-state index is 0.0555. The zero-order valence-electron chi connectivity index (χ0n) is 11.6. The molecule has 0 spiro atoms. The summed E-state index contributed by atoms with van der Waals surface area (Å²) in [5.41, 5.74) is 17.3. The van der Waals surface area contributed by atoms with Crippen LogP contribution in [-0.4, -0.2) is 11.8 Å². The van der Waals surface area contributed by atoms with Gasteiger partial charge in [-0.3, -0.25) is 14.9 Å². The molecule has 0 aliphatic heterocycles. The van der Waals surface area contributed by atoms with Crippen LogP contribution >= 0.6 is 0 Å². The van der Waals surface area contributed by atoms with Gasteiger partial charge in [0.2, 0.25) is 0 Å². The quantitative estimate of drug-likeness (QED) is 0.391. The van der Waals surface area contributed by atoms with Crippen LogP contribution in [0.1, 0.15) is 20.7 Å². The molecule has 0 saturated heterocycles. The number of imide groups is 1. The molecule has 0 aromatic heterocycles. The number of benzene rings is 2. The van der Waals surface area contributed by atoms with E-state index < -0.39 is 11.8 Å². The Morgan fingerprint density at radius 3 is 1.57 bits per heavy atom. The smallest absolute Gasteiger partial charge is 0.258 e. The normalized spacial score (nSPS) is 9.22. The summed E-state index contributed by atoms with van der Waals surface area (Å²) in [6.45, 7) is 0. The van der Waals surface area contributed by atoms with Gasteiger partial charge in [-0.15, -0.1) is 0 Å². The molecule has 9 nitrogen and oxygen atoms in total. The van der Waals surface area contributed by atoms with Gasteiger partial charge in [-0.25, -0.2) is 0 Å². The number of nitrogens with zero attached hydrogens (tertiary/aromatic N) is 6. The minimum Gasteiger partial charge on any atom is -0.288 e. The van der Waals surface area contributed by atoms with E-state index in [1.165, 1.54) is 24.3 Å². The Bertz CT molecular complexity index is 793. The molecule has 0 heterocycles. The van der Waals surface area contributed by atoms with Gasteiger partial charge in [0.1, 0.15) is 0 Å². The molecule has 0 unspecified atom stereocenters. The number of carbonyl (C=O) groups excluding carboxylic acids is 2. The van der Waals surface area contributed by atoms with Gasteiger partial charge in [0.05, 0.1) is 11.4 Å². The Labute approximate surface area is 129 Å². The summed E-state index contributed by atoms with van der Waals surface area (Å²) in [5.74, 6) is -1.46. The first-order valence-electron chi connectivity index (χ1n) is 6.31. The lowest BCUT2D eigenvalue weighted by Crippen LogP contribution is -2.30. The van der Waals surface area contributed by atoms with Crippen LogP contribution in [0.2, 0.25) is 0 Å². The lowest BCUT2D eigenvalue weighted by Gasteiger charge is -2.07. The van der Waals surface area contributed by atoms with Crippen molar-refractivity contribution in [2.24, 2.45) is 10.2 Å². The number of rotatable bonds is 4. The van der Waals surface area contributed by atoms with E-state index in [1.807, 2.05) is 0 Å². The number of hydrogen-bond acceptors (Lipinski definition) is 4. The van der Waals surface area contributed by atoms with Gasteiger partial charge in [0.25, 0.3) is 11.8 Å². The summed E-state index contributed by atoms with van der Waals surface area (Å²) < 4.78 is 0. The van der Waals surface area contributed by atoms with Crippen molar-refractivity contribution in [1.29, 1.82) is 0 Å². The SMILES string of the molecule is [N-]=[N+]=Nc1ccccc1C(=O)NC(=O)c1ccccc1N=[N+]=[N-]. The molecule has 2 rings (SSSR count). The Morgan fingerprint density at radius 1 is 0.783 bits per heavy atom. The lowest BCUT2D eigenvalue weighted by atomic mass is 10.1. The fourth-order valence-electron chi connectivity index (χ4n) is 1.84. The van der Waals surface area contributed by atoms with Crippen molar-refractivity contribution in [3.63, 3.8) is 0 Å². The van der Waals surface area contributed by atoms with Crippen LogP contribution in [0.15, 0.2) is 58.8 Å². The summed E-state index contributed by atoms with van der Waals surface area (Å²) in [6.07, 6.45) is 0. The number of nitrogens with one attached hydrogen (secondary N) is 1. The molecule has 0 radical (unpaired) electrons. The molecule has 2 amide bonds. The molecule has 1 N–H and O–H groups in total. The highest BCUT2D eigenvalue weighted by atomic mass is 16.2. The zero-order valence-corrected chi connectivity index (χ0v) is 11.6. The monoisotopic (exact) mass is 307 g/mol. The van der Waals surface area contributed by atoms with E-state index in [4.69, 9.17) is 11.1 Å². The Balaban J connectivity index is 2.29. The molecule has 23 heavy (non-hydrogen) atoms. The van der Waals surface area contributed by atoms with Crippen LogP contribution in [0.4, 0.5) is 11.4 Å².